The fourth-order valence-electron chi connectivity index (χ4n) is 2.86. The summed E-state index contributed by atoms with van der Waals surface area (Å²) in [5.74, 6) is 0.487. The van der Waals surface area contributed by atoms with E-state index in [2.05, 4.69) is 29.6 Å². The van der Waals surface area contributed by atoms with E-state index in [0.29, 0.717) is 18.5 Å². The van der Waals surface area contributed by atoms with Gasteiger partial charge in [-0.3, -0.25) is 0 Å². The van der Waals surface area contributed by atoms with Crippen LogP contribution in [0.3, 0.4) is 0 Å². The highest BCUT2D eigenvalue weighted by Crippen LogP contribution is 2.32. The molecule has 0 bridgehead atoms. The Morgan fingerprint density at radius 3 is 2.53 bits per heavy atom. The highest BCUT2D eigenvalue weighted by Gasteiger charge is 2.25. The number of hydrogen-bond donors (Lipinski definition) is 2. The molecule has 1 aliphatic rings. The van der Waals surface area contributed by atoms with Gasteiger partial charge in [-0.1, -0.05) is 43.2 Å². The van der Waals surface area contributed by atoms with Crippen molar-refractivity contribution in [3.05, 3.63) is 35.9 Å². The second-order valence-electron chi connectivity index (χ2n) is 5.23. The Morgan fingerprint density at radius 2 is 1.84 bits per heavy atom. The van der Waals surface area contributed by atoms with E-state index < -0.39 is 10.0 Å². The third kappa shape index (κ3) is 4.60. The average Bonchev–Trinajstić information content (AvgIpc) is 2.39. The first-order valence-corrected chi connectivity index (χ1v) is 8.56. The molecular weight excluding hydrogens is 260 g/mol. The van der Waals surface area contributed by atoms with Gasteiger partial charge in [0.2, 0.25) is 10.0 Å². The van der Waals surface area contributed by atoms with Gasteiger partial charge in [0.15, 0.2) is 0 Å². The van der Waals surface area contributed by atoms with Gasteiger partial charge in [0.1, 0.15) is 0 Å². The Morgan fingerprint density at radius 1 is 1.16 bits per heavy atom. The summed E-state index contributed by atoms with van der Waals surface area (Å²) in [4.78, 5) is 0. The van der Waals surface area contributed by atoms with Crippen molar-refractivity contribution in [1.82, 2.24) is 5.32 Å². The van der Waals surface area contributed by atoms with Crippen LogP contribution >= 0.6 is 0 Å². The summed E-state index contributed by atoms with van der Waals surface area (Å²) in [6, 6.07) is 10.8. The van der Waals surface area contributed by atoms with Crippen molar-refractivity contribution in [1.29, 1.82) is 0 Å². The van der Waals surface area contributed by atoms with Crippen LogP contribution in [0.2, 0.25) is 0 Å². The molecule has 106 valence electrons. The summed E-state index contributed by atoms with van der Waals surface area (Å²) in [7, 11) is -3.37. The third-order valence-electron chi connectivity index (χ3n) is 3.79. The Bertz CT molecular complexity index is 487. The van der Waals surface area contributed by atoms with Crippen LogP contribution in [-0.4, -0.2) is 26.8 Å². The minimum atomic E-state index is -3.37. The van der Waals surface area contributed by atoms with Gasteiger partial charge in [-0.2, -0.15) is 0 Å². The molecule has 2 atom stereocenters. The molecular formula is C14H22N2O2S. The molecule has 0 amide bonds. The van der Waals surface area contributed by atoms with E-state index in [9.17, 15) is 8.42 Å². The molecule has 2 unspecified atom stereocenters. The molecule has 0 radical (unpaired) electrons. The predicted molar refractivity (Wildman–Crippen MR) is 77.4 cm³/mol. The molecule has 1 aliphatic carbocycles. The number of benzene rings is 1. The molecule has 2 rings (SSSR count). The molecule has 0 spiro atoms. The van der Waals surface area contributed by atoms with E-state index in [1.54, 1.807) is 0 Å². The van der Waals surface area contributed by atoms with Crippen LogP contribution in [0.4, 0.5) is 0 Å². The predicted octanol–water partition coefficient (Wildman–Crippen LogP) is 1.59. The van der Waals surface area contributed by atoms with Gasteiger partial charge >= 0.3 is 0 Å². The number of rotatable bonds is 5. The van der Waals surface area contributed by atoms with Crippen LogP contribution in [0.5, 0.6) is 0 Å². The lowest BCUT2D eigenvalue weighted by Gasteiger charge is -2.32. The standard InChI is InChI=1S/C14H22N2O2S/c15-19(17,18)11-10-16-14-9-5-4-8-13(14)12-6-2-1-3-7-12/h1-3,6-7,13-14,16H,4-5,8-11H2,(H2,15,17,18). The van der Waals surface area contributed by atoms with Crippen molar-refractivity contribution in [2.75, 3.05) is 12.3 Å². The lowest BCUT2D eigenvalue weighted by atomic mass is 9.80. The van der Waals surface area contributed by atoms with Crippen LogP contribution in [0, 0.1) is 0 Å². The Labute approximate surface area is 115 Å². The first-order valence-electron chi connectivity index (χ1n) is 6.85. The maximum absolute atomic E-state index is 11.0. The molecule has 5 heteroatoms. The molecule has 1 aromatic rings. The maximum Gasteiger partial charge on any atom is 0.210 e. The van der Waals surface area contributed by atoms with Gasteiger partial charge in [0, 0.05) is 12.6 Å². The minimum Gasteiger partial charge on any atom is -0.312 e. The number of nitrogens with one attached hydrogen (secondary N) is 1. The summed E-state index contributed by atoms with van der Waals surface area (Å²) in [5, 5.41) is 8.40. The monoisotopic (exact) mass is 282 g/mol. The van der Waals surface area contributed by atoms with Gasteiger partial charge in [-0.25, -0.2) is 13.6 Å². The second-order valence-corrected chi connectivity index (χ2v) is 6.96. The van der Waals surface area contributed by atoms with Crippen LogP contribution in [0.1, 0.15) is 37.2 Å². The third-order valence-corrected chi connectivity index (χ3v) is 4.56. The van der Waals surface area contributed by atoms with Crippen molar-refractivity contribution in [3.63, 3.8) is 0 Å². The quantitative estimate of drug-likeness (QED) is 0.861. The fraction of sp³-hybridized carbons (Fsp3) is 0.571. The Balaban J connectivity index is 1.97. The van der Waals surface area contributed by atoms with Crippen molar-refractivity contribution in [3.8, 4) is 0 Å². The zero-order valence-corrected chi connectivity index (χ0v) is 11.9. The summed E-state index contributed by atoms with van der Waals surface area (Å²) in [5.41, 5.74) is 1.34. The van der Waals surface area contributed by atoms with Crippen molar-refractivity contribution in [2.45, 2.75) is 37.6 Å². The van der Waals surface area contributed by atoms with E-state index in [0.717, 1.165) is 12.8 Å². The molecule has 1 fully saturated rings. The number of sulfonamides is 1. The van der Waals surface area contributed by atoms with Crippen molar-refractivity contribution >= 4 is 10.0 Å². The van der Waals surface area contributed by atoms with E-state index in [-0.39, 0.29) is 5.75 Å². The summed E-state index contributed by atoms with van der Waals surface area (Å²) in [6.07, 6.45) is 4.71. The van der Waals surface area contributed by atoms with Crippen LogP contribution in [0.15, 0.2) is 30.3 Å². The van der Waals surface area contributed by atoms with E-state index in [4.69, 9.17) is 5.14 Å². The number of nitrogens with two attached hydrogens (primary N) is 1. The molecule has 0 saturated heterocycles. The first-order chi connectivity index (χ1) is 9.06. The zero-order valence-electron chi connectivity index (χ0n) is 11.1. The van der Waals surface area contributed by atoms with E-state index in [1.807, 2.05) is 6.07 Å². The topological polar surface area (TPSA) is 72.2 Å². The maximum atomic E-state index is 11.0. The van der Waals surface area contributed by atoms with Crippen LogP contribution in [0.25, 0.3) is 0 Å². The van der Waals surface area contributed by atoms with Crippen molar-refractivity contribution in [2.24, 2.45) is 5.14 Å². The smallest absolute Gasteiger partial charge is 0.210 e. The lowest BCUT2D eigenvalue weighted by molar-refractivity contribution is 0.333. The summed E-state index contributed by atoms with van der Waals surface area (Å²) < 4.78 is 21.9. The van der Waals surface area contributed by atoms with Crippen LogP contribution in [-0.2, 0) is 10.0 Å². The molecule has 1 saturated carbocycles. The lowest BCUT2D eigenvalue weighted by Crippen LogP contribution is -2.40. The van der Waals surface area contributed by atoms with Gasteiger partial charge < -0.3 is 5.32 Å². The normalized spacial score (nSPS) is 24.3. The molecule has 0 aromatic heterocycles. The molecule has 1 aromatic carbocycles. The Kier molecular flexibility index (Phi) is 4.96. The van der Waals surface area contributed by atoms with E-state index >= 15 is 0 Å². The molecule has 4 nitrogen and oxygen atoms in total. The largest absolute Gasteiger partial charge is 0.312 e. The second kappa shape index (κ2) is 6.50. The molecule has 0 aliphatic heterocycles. The van der Waals surface area contributed by atoms with Crippen molar-refractivity contribution < 1.29 is 8.42 Å². The first kappa shape index (κ1) is 14.5. The van der Waals surface area contributed by atoms with Gasteiger partial charge in [-0.15, -0.1) is 0 Å². The van der Waals surface area contributed by atoms with E-state index in [1.165, 1.54) is 18.4 Å². The summed E-state index contributed by atoms with van der Waals surface area (Å²) in [6.45, 7) is 0.437. The zero-order chi connectivity index (χ0) is 13.7. The number of primary sulfonamides is 1. The van der Waals surface area contributed by atoms with Gasteiger partial charge in [-0.05, 0) is 24.3 Å². The fourth-order valence-corrected chi connectivity index (χ4v) is 3.26. The molecule has 0 heterocycles. The van der Waals surface area contributed by atoms with Gasteiger partial charge in [0.05, 0.1) is 5.75 Å². The Hall–Kier alpha value is -0.910. The molecule has 3 N–H and O–H groups in total. The van der Waals surface area contributed by atoms with Gasteiger partial charge in [0.25, 0.3) is 0 Å². The molecule has 19 heavy (non-hydrogen) atoms. The highest BCUT2D eigenvalue weighted by atomic mass is 32.2. The number of hydrogen-bond acceptors (Lipinski definition) is 3. The SMILES string of the molecule is NS(=O)(=O)CCNC1CCCCC1c1ccccc1. The summed E-state index contributed by atoms with van der Waals surface area (Å²) >= 11 is 0. The highest BCUT2D eigenvalue weighted by molar-refractivity contribution is 7.89. The average molecular weight is 282 g/mol. The minimum absolute atomic E-state index is 0.00497. The van der Waals surface area contributed by atoms with Crippen LogP contribution < -0.4 is 10.5 Å².